The fourth-order valence-corrected chi connectivity index (χ4v) is 4.21. The number of rotatable bonds is 12. The van der Waals surface area contributed by atoms with Crippen molar-refractivity contribution in [1.82, 2.24) is 0 Å². The van der Waals surface area contributed by atoms with Gasteiger partial charge >= 0.3 is 11.9 Å². The summed E-state index contributed by atoms with van der Waals surface area (Å²) < 4.78 is 11.6. The van der Waals surface area contributed by atoms with Gasteiger partial charge < -0.3 is 9.47 Å². The summed E-state index contributed by atoms with van der Waals surface area (Å²) >= 11 is 13.1. The number of fused-ring (bicyclic) bond motifs is 1. The van der Waals surface area contributed by atoms with Gasteiger partial charge in [0.1, 0.15) is 10.0 Å². The highest BCUT2D eigenvalue weighted by molar-refractivity contribution is 6.45. The Morgan fingerprint density at radius 3 is 1.44 bits per heavy atom. The molecule has 0 radical (unpaired) electrons. The third-order valence-electron chi connectivity index (χ3n) is 5.88. The lowest BCUT2D eigenvalue weighted by atomic mass is 9.99. The number of esters is 2. The Balaban J connectivity index is 2.43. The van der Waals surface area contributed by atoms with Crippen LogP contribution in [0.25, 0.3) is 10.8 Å². The molecule has 0 aliphatic rings. The van der Waals surface area contributed by atoms with Gasteiger partial charge in [0.05, 0.1) is 11.8 Å². The Kier molecular flexibility index (Phi) is 10.8. The van der Waals surface area contributed by atoms with E-state index in [0.29, 0.717) is 23.6 Å². The van der Waals surface area contributed by atoms with E-state index in [0.717, 1.165) is 38.5 Å². The zero-order valence-corrected chi connectivity index (χ0v) is 21.0. The summed E-state index contributed by atoms with van der Waals surface area (Å²) in [5, 5.41) is 1.33. The molecule has 0 saturated carbocycles. The molecule has 6 heteroatoms. The standard InChI is InChI=1S/C26H34Cl2O4/c1-5-9-13-17(7-3)25(29)31-23-19-15-11-12-16-20(19)24(22(28)21(23)27)32-26(30)18(8-4)14-10-6-2/h11-12,15-18H,5-10,13-14H2,1-4H3. The maximum atomic E-state index is 12.8. The van der Waals surface area contributed by atoms with Crippen molar-refractivity contribution < 1.29 is 19.1 Å². The van der Waals surface area contributed by atoms with Gasteiger partial charge in [-0.2, -0.15) is 0 Å². The zero-order chi connectivity index (χ0) is 23.7. The molecular formula is C26H34Cl2O4. The molecule has 0 N–H and O–H groups in total. The molecule has 0 spiro atoms. The van der Waals surface area contributed by atoms with Crippen LogP contribution >= 0.6 is 23.2 Å². The highest BCUT2D eigenvalue weighted by Gasteiger charge is 2.27. The molecule has 2 rings (SSSR count). The van der Waals surface area contributed by atoms with Crippen molar-refractivity contribution in [3.8, 4) is 11.5 Å². The largest absolute Gasteiger partial charge is 0.424 e. The minimum atomic E-state index is -0.320. The highest BCUT2D eigenvalue weighted by atomic mass is 35.5. The monoisotopic (exact) mass is 480 g/mol. The second-order valence-electron chi connectivity index (χ2n) is 8.17. The van der Waals surface area contributed by atoms with E-state index in [1.807, 2.05) is 26.0 Å². The molecule has 0 aliphatic carbocycles. The fourth-order valence-electron chi connectivity index (χ4n) is 3.76. The van der Waals surface area contributed by atoms with Gasteiger partial charge in [-0.25, -0.2) is 0 Å². The first-order valence-corrected chi connectivity index (χ1v) is 12.5. The zero-order valence-electron chi connectivity index (χ0n) is 19.5. The minimum absolute atomic E-state index is 0.0773. The molecule has 2 atom stereocenters. The average molecular weight is 481 g/mol. The third-order valence-corrected chi connectivity index (χ3v) is 6.70. The molecule has 0 heterocycles. The average Bonchev–Trinajstić information content (AvgIpc) is 2.80. The lowest BCUT2D eigenvalue weighted by Crippen LogP contribution is -2.21. The van der Waals surface area contributed by atoms with Crippen LogP contribution in [-0.4, -0.2) is 11.9 Å². The smallest absolute Gasteiger partial charge is 0.314 e. The number of carbonyl (C=O) groups excluding carboxylic acids is 2. The summed E-state index contributed by atoms with van der Waals surface area (Å²) in [7, 11) is 0. The fraction of sp³-hybridized carbons (Fsp3) is 0.538. The third kappa shape index (κ3) is 6.39. The Hall–Kier alpha value is -1.78. The number of ether oxygens (including phenoxy) is 2. The van der Waals surface area contributed by atoms with Crippen LogP contribution in [0.1, 0.15) is 79.1 Å². The van der Waals surface area contributed by atoms with Gasteiger partial charge in [-0.3, -0.25) is 9.59 Å². The first-order valence-electron chi connectivity index (χ1n) is 11.7. The molecule has 2 aromatic carbocycles. The van der Waals surface area contributed by atoms with E-state index in [9.17, 15) is 9.59 Å². The second-order valence-corrected chi connectivity index (χ2v) is 8.92. The van der Waals surface area contributed by atoms with Crippen LogP contribution in [0.4, 0.5) is 0 Å². The van der Waals surface area contributed by atoms with Crippen LogP contribution in [0.2, 0.25) is 10.0 Å². The Morgan fingerprint density at radius 1 is 0.750 bits per heavy atom. The van der Waals surface area contributed by atoms with Crippen molar-refractivity contribution in [3.05, 3.63) is 34.3 Å². The molecule has 0 amide bonds. The molecule has 176 valence electrons. The lowest BCUT2D eigenvalue weighted by molar-refractivity contribution is -0.140. The van der Waals surface area contributed by atoms with Gasteiger partial charge in [-0.05, 0) is 25.7 Å². The first kappa shape index (κ1) is 26.5. The van der Waals surface area contributed by atoms with Gasteiger partial charge in [-0.15, -0.1) is 0 Å². The molecule has 2 aromatic rings. The molecule has 4 nitrogen and oxygen atoms in total. The highest BCUT2D eigenvalue weighted by Crippen LogP contribution is 2.47. The van der Waals surface area contributed by atoms with Gasteiger partial charge in [0, 0.05) is 10.8 Å². The Morgan fingerprint density at radius 2 is 1.12 bits per heavy atom. The predicted molar refractivity (Wildman–Crippen MR) is 132 cm³/mol. The van der Waals surface area contributed by atoms with Gasteiger partial charge in [-0.1, -0.05) is 101 Å². The van der Waals surface area contributed by atoms with E-state index in [1.165, 1.54) is 0 Å². The van der Waals surface area contributed by atoms with Crippen molar-refractivity contribution >= 4 is 45.9 Å². The maximum absolute atomic E-state index is 12.8. The summed E-state index contributed by atoms with van der Waals surface area (Å²) in [4.78, 5) is 25.7. The van der Waals surface area contributed by atoms with E-state index >= 15 is 0 Å². The van der Waals surface area contributed by atoms with E-state index in [-0.39, 0.29) is 45.3 Å². The molecule has 0 bridgehead atoms. The molecule has 0 saturated heterocycles. The summed E-state index contributed by atoms with van der Waals surface area (Å²) in [5.41, 5.74) is 0. The van der Waals surface area contributed by atoms with E-state index in [2.05, 4.69) is 13.8 Å². The van der Waals surface area contributed by atoms with Gasteiger partial charge in [0.2, 0.25) is 0 Å². The Bertz CT molecular complexity index is 851. The van der Waals surface area contributed by atoms with E-state index in [4.69, 9.17) is 32.7 Å². The first-order chi connectivity index (χ1) is 15.4. The number of hydrogen-bond donors (Lipinski definition) is 0. The van der Waals surface area contributed by atoms with Crippen LogP contribution in [0, 0.1) is 11.8 Å². The number of hydrogen-bond acceptors (Lipinski definition) is 4. The van der Waals surface area contributed by atoms with Crippen molar-refractivity contribution in [2.45, 2.75) is 79.1 Å². The predicted octanol–water partition coefficient (Wildman–Crippen LogP) is 8.39. The topological polar surface area (TPSA) is 52.6 Å². The number of halogens is 2. The SMILES string of the molecule is CCCCC(CC)C(=O)Oc1c(Cl)c(Cl)c(OC(=O)C(CC)CCCC)c2ccccc12. The van der Waals surface area contributed by atoms with E-state index < -0.39 is 0 Å². The van der Waals surface area contributed by atoms with Crippen LogP contribution in [0.5, 0.6) is 11.5 Å². The summed E-state index contributed by atoms with van der Waals surface area (Å²) in [6.07, 6.45) is 6.83. The normalized spacial score (nSPS) is 13.1. The van der Waals surface area contributed by atoms with E-state index in [1.54, 1.807) is 12.1 Å². The van der Waals surface area contributed by atoms with Gasteiger partial charge in [0.15, 0.2) is 11.5 Å². The molecule has 2 unspecified atom stereocenters. The Labute approximate surface area is 201 Å². The van der Waals surface area contributed by atoms with Crippen molar-refractivity contribution in [2.75, 3.05) is 0 Å². The number of benzene rings is 2. The minimum Gasteiger partial charge on any atom is -0.424 e. The van der Waals surface area contributed by atoms with Crippen LogP contribution in [0.15, 0.2) is 24.3 Å². The van der Waals surface area contributed by atoms with Crippen LogP contribution < -0.4 is 9.47 Å². The summed E-state index contributed by atoms with van der Waals surface area (Å²) in [6, 6.07) is 7.22. The quantitative estimate of drug-likeness (QED) is 0.226. The molecular weight excluding hydrogens is 447 g/mol. The van der Waals surface area contributed by atoms with Crippen molar-refractivity contribution in [2.24, 2.45) is 11.8 Å². The second kappa shape index (κ2) is 13.1. The lowest BCUT2D eigenvalue weighted by Gasteiger charge is -2.19. The number of unbranched alkanes of at least 4 members (excludes halogenated alkanes) is 2. The van der Waals surface area contributed by atoms with Crippen LogP contribution in [-0.2, 0) is 9.59 Å². The molecule has 32 heavy (non-hydrogen) atoms. The van der Waals surface area contributed by atoms with Crippen molar-refractivity contribution in [3.63, 3.8) is 0 Å². The van der Waals surface area contributed by atoms with Crippen LogP contribution in [0.3, 0.4) is 0 Å². The number of carbonyl (C=O) groups is 2. The van der Waals surface area contributed by atoms with Crippen molar-refractivity contribution in [1.29, 1.82) is 0 Å². The molecule has 0 fully saturated rings. The molecule has 0 aliphatic heterocycles. The summed E-state index contributed by atoms with van der Waals surface area (Å²) in [5.74, 6) is -0.621. The molecule has 0 aromatic heterocycles. The van der Waals surface area contributed by atoms with Gasteiger partial charge in [0.25, 0.3) is 0 Å². The summed E-state index contributed by atoms with van der Waals surface area (Å²) in [6.45, 7) is 8.13. The maximum Gasteiger partial charge on any atom is 0.314 e.